The number of benzene rings is 1. The highest BCUT2D eigenvalue weighted by molar-refractivity contribution is 7.90. The molecule has 1 aromatic rings. The average Bonchev–Trinajstić information content (AvgIpc) is 2.17. The van der Waals surface area contributed by atoms with Gasteiger partial charge in [0.25, 0.3) is 0 Å². The highest BCUT2D eigenvalue weighted by atomic mass is 32.2. The number of aryl methyl sites for hydroxylation is 2. The highest BCUT2D eigenvalue weighted by Gasteiger charge is 2.14. The third kappa shape index (κ3) is 3.06. The molecule has 0 fully saturated rings. The first kappa shape index (κ1) is 13.2. The molecule has 0 aliphatic rings. The first-order chi connectivity index (χ1) is 7.36. The van der Waals surface area contributed by atoms with Crippen molar-refractivity contribution in [2.24, 2.45) is 0 Å². The molecule has 0 heterocycles. The highest BCUT2D eigenvalue weighted by Crippen LogP contribution is 2.21. The first-order valence-electron chi connectivity index (χ1n) is 5.31. The van der Waals surface area contributed by atoms with Crippen LogP contribution in [0.15, 0.2) is 17.0 Å². The maximum atomic E-state index is 11.7. The zero-order valence-corrected chi connectivity index (χ0v) is 11.1. The standard InChI is InChI=1S/C12H19NO2S/c1-9-7-11(5-6-13-3)12(8-10(9)2)16(4,14)15/h7-8,13H,5-6H2,1-4H3. The van der Waals surface area contributed by atoms with Gasteiger partial charge in [0, 0.05) is 6.26 Å². The molecule has 0 bridgehead atoms. The Hall–Kier alpha value is -0.870. The Bertz CT molecular complexity index is 478. The SMILES string of the molecule is CNCCc1cc(C)c(C)cc1S(C)(=O)=O. The maximum absolute atomic E-state index is 11.7. The summed E-state index contributed by atoms with van der Waals surface area (Å²) in [5.41, 5.74) is 3.06. The van der Waals surface area contributed by atoms with Crippen molar-refractivity contribution < 1.29 is 8.42 Å². The van der Waals surface area contributed by atoms with Crippen molar-refractivity contribution in [2.45, 2.75) is 25.2 Å². The van der Waals surface area contributed by atoms with Gasteiger partial charge in [-0.3, -0.25) is 0 Å². The van der Waals surface area contributed by atoms with Gasteiger partial charge in [-0.2, -0.15) is 0 Å². The Morgan fingerprint density at radius 3 is 2.25 bits per heavy atom. The van der Waals surface area contributed by atoms with E-state index >= 15 is 0 Å². The van der Waals surface area contributed by atoms with Gasteiger partial charge in [-0.15, -0.1) is 0 Å². The van der Waals surface area contributed by atoms with E-state index < -0.39 is 9.84 Å². The molecular weight excluding hydrogens is 222 g/mol. The minimum Gasteiger partial charge on any atom is -0.319 e. The Morgan fingerprint density at radius 2 is 1.75 bits per heavy atom. The molecule has 3 nitrogen and oxygen atoms in total. The quantitative estimate of drug-likeness (QED) is 0.868. The third-order valence-electron chi connectivity index (χ3n) is 2.72. The summed E-state index contributed by atoms with van der Waals surface area (Å²) in [5, 5.41) is 3.03. The van der Waals surface area contributed by atoms with Crippen molar-refractivity contribution in [3.63, 3.8) is 0 Å². The molecule has 0 amide bonds. The third-order valence-corrected chi connectivity index (χ3v) is 3.90. The smallest absolute Gasteiger partial charge is 0.175 e. The van der Waals surface area contributed by atoms with E-state index in [4.69, 9.17) is 0 Å². The molecule has 0 unspecified atom stereocenters. The molecule has 0 aliphatic heterocycles. The minimum absolute atomic E-state index is 0.464. The summed E-state index contributed by atoms with van der Waals surface area (Å²) in [6.45, 7) is 4.72. The number of nitrogens with one attached hydrogen (secondary N) is 1. The van der Waals surface area contributed by atoms with Gasteiger partial charge in [0.1, 0.15) is 0 Å². The Morgan fingerprint density at radius 1 is 1.19 bits per heavy atom. The summed E-state index contributed by atoms with van der Waals surface area (Å²) in [6, 6.07) is 3.75. The van der Waals surface area contributed by atoms with Gasteiger partial charge in [-0.05, 0) is 56.6 Å². The number of sulfone groups is 1. The summed E-state index contributed by atoms with van der Waals surface area (Å²) in [6.07, 6.45) is 2.00. The second-order valence-electron chi connectivity index (χ2n) is 4.17. The lowest BCUT2D eigenvalue weighted by molar-refractivity contribution is 0.600. The zero-order chi connectivity index (χ0) is 12.3. The van der Waals surface area contributed by atoms with E-state index in [1.54, 1.807) is 6.07 Å². The van der Waals surface area contributed by atoms with Crippen molar-refractivity contribution in [3.8, 4) is 0 Å². The van der Waals surface area contributed by atoms with E-state index in [0.29, 0.717) is 4.90 Å². The predicted molar refractivity (Wildman–Crippen MR) is 66.7 cm³/mol. The van der Waals surface area contributed by atoms with Crippen molar-refractivity contribution in [2.75, 3.05) is 19.8 Å². The van der Waals surface area contributed by atoms with Gasteiger partial charge in [0.05, 0.1) is 4.90 Å². The van der Waals surface area contributed by atoms with Crippen LogP contribution in [-0.4, -0.2) is 28.3 Å². The molecule has 0 saturated carbocycles. The largest absolute Gasteiger partial charge is 0.319 e. The van der Waals surface area contributed by atoms with Crippen LogP contribution in [0.2, 0.25) is 0 Å². The molecular formula is C12H19NO2S. The molecule has 0 aliphatic carbocycles. The predicted octanol–water partition coefficient (Wildman–Crippen LogP) is 1.47. The van der Waals surface area contributed by atoms with E-state index in [0.717, 1.165) is 29.7 Å². The van der Waals surface area contributed by atoms with E-state index in [2.05, 4.69) is 5.32 Å². The molecule has 1 N–H and O–H groups in total. The molecule has 0 spiro atoms. The second kappa shape index (κ2) is 4.97. The van der Waals surface area contributed by atoms with E-state index in [1.165, 1.54) is 6.26 Å². The molecule has 0 saturated heterocycles. The molecule has 90 valence electrons. The topological polar surface area (TPSA) is 46.2 Å². The summed E-state index contributed by atoms with van der Waals surface area (Å²) in [4.78, 5) is 0.464. The van der Waals surface area contributed by atoms with Crippen molar-refractivity contribution in [3.05, 3.63) is 28.8 Å². The van der Waals surface area contributed by atoms with Crippen LogP contribution in [0.3, 0.4) is 0 Å². The van der Waals surface area contributed by atoms with Gasteiger partial charge in [0.2, 0.25) is 0 Å². The summed E-state index contributed by atoms with van der Waals surface area (Å²) in [7, 11) is -1.27. The minimum atomic E-state index is -3.13. The molecule has 0 aromatic heterocycles. The van der Waals surface area contributed by atoms with Crippen molar-refractivity contribution in [1.82, 2.24) is 5.32 Å². The molecule has 16 heavy (non-hydrogen) atoms. The fraction of sp³-hybridized carbons (Fsp3) is 0.500. The van der Waals surface area contributed by atoms with Crippen LogP contribution >= 0.6 is 0 Å². The molecule has 0 radical (unpaired) electrons. The number of rotatable bonds is 4. The first-order valence-corrected chi connectivity index (χ1v) is 7.20. The van der Waals surface area contributed by atoms with Gasteiger partial charge in [0.15, 0.2) is 9.84 Å². The van der Waals surface area contributed by atoms with Gasteiger partial charge >= 0.3 is 0 Å². The fourth-order valence-electron chi connectivity index (χ4n) is 1.65. The molecule has 0 atom stereocenters. The Balaban J connectivity index is 3.28. The number of likely N-dealkylation sites (N-methyl/N-ethyl adjacent to an activating group) is 1. The van der Waals surface area contributed by atoms with Crippen LogP contribution in [-0.2, 0) is 16.3 Å². The summed E-state index contributed by atoms with van der Waals surface area (Å²) < 4.78 is 23.3. The lowest BCUT2D eigenvalue weighted by Crippen LogP contribution is -2.13. The van der Waals surface area contributed by atoms with Crippen LogP contribution in [0.4, 0.5) is 0 Å². The lowest BCUT2D eigenvalue weighted by atomic mass is 10.0. The van der Waals surface area contributed by atoms with Gasteiger partial charge < -0.3 is 5.32 Å². The Labute approximate surface area is 97.8 Å². The van der Waals surface area contributed by atoms with Crippen molar-refractivity contribution in [1.29, 1.82) is 0 Å². The fourth-order valence-corrected chi connectivity index (χ4v) is 2.68. The second-order valence-corrected chi connectivity index (χ2v) is 6.15. The Kier molecular flexibility index (Phi) is 4.10. The maximum Gasteiger partial charge on any atom is 0.175 e. The number of hydrogen-bond acceptors (Lipinski definition) is 3. The summed E-state index contributed by atoms with van der Waals surface area (Å²) >= 11 is 0. The van der Waals surface area contributed by atoms with E-state index in [9.17, 15) is 8.42 Å². The average molecular weight is 241 g/mol. The molecule has 1 rings (SSSR count). The van der Waals surface area contributed by atoms with Crippen LogP contribution < -0.4 is 5.32 Å². The van der Waals surface area contributed by atoms with Crippen LogP contribution in [0.25, 0.3) is 0 Å². The van der Waals surface area contributed by atoms with E-state index in [1.807, 2.05) is 27.0 Å². The normalized spacial score (nSPS) is 11.8. The van der Waals surface area contributed by atoms with Crippen molar-refractivity contribution >= 4 is 9.84 Å². The lowest BCUT2D eigenvalue weighted by Gasteiger charge is -2.11. The summed E-state index contributed by atoms with van der Waals surface area (Å²) in [5.74, 6) is 0. The number of hydrogen-bond donors (Lipinski definition) is 1. The van der Waals surface area contributed by atoms with Gasteiger partial charge in [-0.25, -0.2) is 8.42 Å². The van der Waals surface area contributed by atoms with Crippen LogP contribution in [0.5, 0.6) is 0 Å². The zero-order valence-electron chi connectivity index (χ0n) is 10.3. The van der Waals surface area contributed by atoms with Gasteiger partial charge in [-0.1, -0.05) is 6.07 Å². The molecule has 4 heteroatoms. The molecule has 1 aromatic carbocycles. The van der Waals surface area contributed by atoms with Crippen LogP contribution in [0, 0.1) is 13.8 Å². The van der Waals surface area contributed by atoms with E-state index in [-0.39, 0.29) is 0 Å². The van der Waals surface area contributed by atoms with Crippen LogP contribution in [0.1, 0.15) is 16.7 Å². The monoisotopic (exact) mass is 241 g/mol.